The van der Waals surface area contributed by atoms with E-state index < -0.39 is 5.82 Å². The molecule has 5 heteroatoms. The number of likely N-dealkylation sites (tertiary alicyclic amines) is 1. The Labute approximate surface area is 160 Å². The van der Waals surface area contributed by atoms with Gasteiger partial charge in [0.15, 0.2) is 0 Å². The van der Waals surface area contributed by atoms with E-state index in [0.29, 0.717) is 54.3 Å². The van der Waals surface area contributed by atoms with Crippen molar-refractivity contribution in [1.29, 1.82) is 0 Å². The summed E-state index contributed by atoms with van der Waals surface area (Å²) in [7, 11) is 0. The molecule has 146 valence electrons. The van der Waals surface area contributed by atoms with Gasteiger partial charge in [0.1, 0.15) is 5.82 Å². The lowest BCUT2D eigenvalue weighted by atomic mass is 9.88. The second kappa shape index (κ2) is 7.61. The first-order chi connectivity index (χ1) is 13.0. The van der Waals surface area contributed by atoms with E-state index in [0.717, 1.165) is 19.3 Å². The number of rotatable bonds is 4. The molecule has 2 amide bonds. The molecule has 0 spiro atoms. The third kappa shape index (κ3) is 3.61. The standard InChI is InChI=1S/C22H29FN2O2/c1-14-10-20-18(12-21(26)25(20)17-8-3-2-4-9-17)19(14)13-24-22(27)15-6-5-7-16(23)11-15/h5-7,11,14,17-20H,2-4,8-10,12-13H2,1H3,(H,24,27)/t14-,18-,19+,20+/m0/s1. The predicted molar refractivity (Wildman–Crippen MR) is 102 cm³/mol. The van der Waals surface area contributed by atoms with E-state index in [9.17, 15) is 14.0 Å². The van der Waals surface area contributed by atoms with Crippen LogP contribution in [0.15, 0.2) is 24.3 Å². The van der Waals surface area contributed by atoms with Crippen LogP contribution in [0.3, 0.4) is 0 Å². The summed E-state index contributed by atoms with van der Waals surface area (Å²) < 4.78 is 13.3. The van der Waals surface area contributed by atoms with Crippen molar-refractivity contribution < 1.29 is 14.0 Å². The maximum Gasteiger partial charge on any atom is 0.251 e. The molecule has 3 fully saturated rings. The summed E-state index contributed by atoms with van der Waals surface area (Å²) in [5.41, 5.74) is 0.350. The van der Waals surface area contributed by atoms with E-state index in [2.05, 4.69) is 17.1 Å². The van der Waals surface area contributed by atoms with Gasteiger partial charge in [-0.15, -0.1) is 0 Å². The molecule has 27 heavy (non-hydrogen) atoms. The lowest BCUT2D eigenvalue weighted by Gasteiger charge is -2.35. The number of amides is 2. The van der Waals surface area contributed by atoms with E-state index in [1.807, 2.05) is 0 Å². The molecule has 0 bridgehead atoms. The predicted octanol–water partition coefficient (Wildman–Crippen LogP) is 3.76. The number of hydrogen-bond acceptors (Lipinski definition) is 2. The molecule has 0 radical (unpaired) electrons. The second-order valence-electron chi connectivity index (χ2n) is 8.63. The summed E-state index contributed by atoms with van der Waals surface area (Å²) in [6.07, 6.45) is 7.69. The molecule has 1 N–H and O–H groups in total. The van der Waals surface area contributed by atoms with E-state index in [1.54, 1.807) is 12.1 Å². The zero-order chi connectivity index (χ0) is 19.0. The van der Waals surface area contributed by atoms with Gasteiger partial charge in [0.2, 0.25) is 5.91 Å². The minimum Gasteiger partial charge on any atom is -0.352 e. The van der Waals surface area contributed by atoms with Crippen LogP contribution in [0.5, 0.6) is 0 Å². The number of fused-ring (bicyclic) bond motifs is 1. The average Bonchev–Trinajstić information content (AvgIpc) is 3.13. The molecule has 1 heterocycles. The largest absolute Gasteiger partial charge is 0.352 e. The van der Waals surface area contributed by atoms with Crippen molar-refractivity contribution in [3.63, 3.8) is 0 Å². The molecule has 0 unspecified atom stereocenters. The number of carbonyl (C=O) groups excluding carboxylic acids is 2. The summed E-state index contributed by atoms with van der Waals surface area (Å²) in [6, 6.07) is 6.55. The molecule has 2 aliphatic carbocycles. The Morgan fingerprint density at radius 2 is 2.04 bits per heavy atom. The van der Waals surface area contributed by atoms with E-state index in [1.165, 1.54) is 31.4 Å². The van der Waals surface area contributed by atoms with Crippen molar-refractivity contribution in [1.82, 2.24) is 10.2 Å². The first kappa shape index (κ1) is 18.5. The Kier molecular flexibility index (Phi) is 5.20. The van der Waals surface area contributed by atoms with Crippen LogP contribution in [0.2, 0.25) is 0 Å². The van der Waals surface area contributed by atoms with Crippen molar-refractivity contribution >= 4 is 11.8 Å². The van der Waals surface area contributed by atoms with Gasteiger partial charge in [0.25, 0.3) is 5.91 Å². The van der Waals surface area contributed by atoms with Crippen LogP contribution in [0.4, 0.5) is 4.39 Å². The normalized spacial score (nSPS) is 31.2. The van der Waals surface area contributed by atoms with Crippen molar-refractivity contribution in [3.05, 3.63) is 35.6 Å². The van der Waals surface area contributed by atoms with Gasteiger partial charge in [-0.3, -0.25) is 9.59 Å². The summed E-state index contributed by atoms with van der Waals surface area (Å²) in [5.74, 6) is 0.796. The fourth-order valence-corrected chi connectivity index (χ4v) is 5.67. The van der Waals surface area contributed by atoms with E-state index in [4.69, 9.17) is 0 Å². The number of halogens is 1. The number of hydrogen-bond donors (Lipinski definition) is 1. The Morgan fingerprint density at radius 1 is 1.26 bits per heavy atom. The van der Waals surface area contributed by atoms with Gasteiger partial charge in [-0.1, -0.05) is 32.3 Å². The highest BCUT2D eigenvalue weighted by Crippen LogP contribution is 2.47. The molecular formula is C22H29FN2O2. The molecule has 1 aromatic carbocycles. The molecule has 2 saturated carbocycles. The molecule has 3 aliphatic rings. The number of benzene rings is 1. The zero-order valence-corrected chi connectivity index (χ0v) is 16.0. The van der Waals surface area contributed by atoms with Crippen LogP contribution >= 0.6 is 0 Å². The fraction of sp³-hybridized carbons (Fsp3) is 0.636. The lowest BCUT2D eigenvalue weighted by molar-refractivity contribution is -0.132. The van der Waals surface area contributed by atoms with Gasteiger partial charge in [-0.05, 0) is 55.2 Å². The molecule has 0 aromatic heterocycles. The van der Waals surface area contributed by atoms with Crippen LogP contribution in [0.25, 0.3) is 0 Å². The molecule has 1 aromatic rings. The Hall–Kier alpha value is -1.91. The zero-order valence-electron chi connectivity index (χ0n) is 16.0. The summed E-state index contributed by atoms with van der Waals surface area (Å²) in [4.78, 5) is 27.3. The van der Waals surface area contributed by atoms with Crippen molar-refractivity contribution in [3.8, 4) is 0 Å². The van der Waals surface area contributed by atoms with Gasteiger partial charge < -0.3 is 10.2 Å². The maximum absolute atomic E-state index is 13.3. The Morgan fingerprint density at radius 3 is 2.78 bits per heavy atom. The van der Waals surface area contributed by atoms with Gasteiger partial charge in [0.05, 0.1) is 0 Å². The number of carbonyl (C=O) groups is 2. The molecule has 1 aliphatic heterocycles. The smallest absolute Gasteiger partial charge is 0.251 e. The third-order valence-corrected chi connectivity index (χ3v) is 7.00. The number of nitrogens with one attached hydrogen (secondary N) is 1. The van der Waals surface area contributed by atoms with Gasteiger partial charge in [-0.2, -0.15) is 0 Å². The lowest BCUT2D eigenvalue weighted by Crippen LogP contribution is -2.43. The summed E-state index contributed by atoms with van der Waals surface area (Å²) >= 11 is 0. The third-order valence-electron chi connectivity index (χ3n) is 7.00. The highest BCUT2D eigenvalue weighted by atomic mass is 19.1. The topological polar surface area (TPSA) is 49.4 Å². The minimum atomic E-state index is -0.401. The maximum atomic E-state index is 13.3. The minimum absolute atomic E-state index is 0.237. The molecular weight excluding hydrogens is 343 g/mol. The quantitative estimate of drug-likeness (QED) is 0.875. The fourth-order valence-electron chi connectivity index (χ4n) is 5.67. The molecule has 4 rings (SSSR count). The van der Waals surface area contributed by atoms with Crippen molar-refractivity contribution in [2.24, 2.45) is 17.8 Å². The summed E-state index contributed by atoms with van der Waals surface area (Å²) in [5, 5.41) is 2.98. The van der Waals surface area contributed by atoms with Crippen LogP contribution in [-0.2, 0) is 4.79 Å². The average molecular weight is 372 g/mol. The van der Waals surface area contributed by atoms with Crippen LogP contribution in [-0.4, -0.2) is 35.3 Å². The van der Waals surface area contributed by atoms with Crippen LogP contribution < -0.4 is 5.32 Å². The molecule has 1 saturated heterocycles. The monoisotopic (exact) mass is 372 g/mol. The van der Waals surface area contributed by atoms with E-state index >= 15 is 0 Å². The van der Waals surface area contributed by atoms with Crippen LogP contribution in [0.1, 0.15) is 62.2 Å². The summed E-state index contributed by atoms with van der Waals surface area (Å²) in [6.45, 7) is 2.80. The van der Waals surface area contributed by atoms with Crippen molar-refractivity contribution in [2.75, 3.05) is 6.54 Å². The van der Waals surface area contributed by atoms with Crippen LogP contribution in [0, 0.1) is 23.6 Å². The van der Waals surface area contributed by atoms with Gasteiger partial charge >= 0.3 is 0 Å². The first-order valence-electron chi connectivity index (χ1n) is 10.4. The SMILES string of the molecule is C[C@H]1C[C@@H]2[C@@H](CC(=O)N2C2CCCCC2)[C@@H]1CNC(=O)c1cccc(F)c1. The Balaban J connectivity index is 1.41. The first-order valence-corrected chi connectivity index (χ1v) is 10.4. The highest BCUT2D eigenvalue weighted by Gasteiger charge is 2.52. The highest BCUT2D eigenvalue weighted by molar-refractivity contribution is 5.94. The second-order valence-corrected chi connectivity index (χ2v) is 8.63. The van der Waals surface area contributed by atoms with Gasteiger partial charge in [0, 0.05) is 30.6 Å². The van der Waals surface area contributed by atoms with E-state index in [-0.39, 0.29) is 5.91 Å². The van der Waals surface area contributed by atoms with Crippen molar-refractivity contribution in [2.45, 2.75) is 64.0 Å². The molecule has 4 nitrogen and oxygen atoms in total. The number of nitrogens with zero attached hydrogens (tertiary/aromatic N) is 1. The van der Waals surface area contributed by atoms with Gasteiger partial charge in [-0.25, -0.2) is 4.39 Å². The Bertz CT molecular complexity index is 716. The molecule has 4 atom stereocenters.